The average Bonchev–Trinajstić information content (AvgIpc) is 2.96. The van der Waals surface area contributed by atoms with Gasteiger partial charge >= 0.3 is 0 Å². The minimum atomic E-state index is -4.55. The summed E-state index contributed by atoms with van der Waals surface area (Å²) < 4.78 is 61.5. The number of amides is 1. The third-order valence-electron chi connectivity index (χ3n) is 6.90. The molecule has 12 nitrogen and oxygen atoms in total. The number of hydrogen-bond acceptors (Lipinski definition) is 8. The van der Waals surface area contributed by atoms with Crippen LogP contribution in [0.2, 0.25) is 5.02 Å². The second-order valence-corrected chi connectivity index (χ2v) is 13.9. The van der Waals surface area contributed by atoms with E-state index in [4.69, 9.17) is 16.3 Å². The lowest BCUT2D eigenvalue weighted by Gasteiger charge is -2.35. The number of piperazine rings is 1. The second-order valence-electron chi connectivity index (χ2n) is 9.63. The number of methoxy groups -OCH3 is 1. The van der Waals surface area contributed by atoms with Gasteiger partial charge in [0.25, 0.3) is 15.7 Å². The van der Waals surface area contributed by atoms with Crippen molar-refractivity contribution in [2.24, 2.45) is 0 Å². The van der Waals surface area contributed by atoms with Gasteiger partial charge in [0.05, 0.1) is 27.5 Å². The number of sulfonamides is 2. The Morgan fingerprint density at radius 3 is 2.17 bits per heavy atom. The normalized spacial score (nSPS) is 14.4. The first-order valence-electron chi connectivity index (χ1n) is 12.7. The van der Waals surface area contributed by atoms with E-state index < -0.39 is 48.0 Å². The van der Waals surface area contributed by atoms with Gasteiger partial charge in [-0.25, -0.2) is 16.8 Å². The highest BCUT2D eigenvalue weighted by molar-refractivity contribution is 7.93. The topological polar surface area (TPSA) is 147 Å². The van der Waals surface area contributed by atoms with E-state index in [2.05, 4.69) is 0 Å². The van der Waals surface area contributed by atoms with Gasteiger partial charge in [0.2, 0.25) is 15.9 Å². The van der Waals surface area contributed by atoms with Crippen molar-refractivity contribution in [1.82, 2.24) is 9.21 Å². The van der Waals surface area contributed by atoms with Gasteiger partial charge in [-0.2, -0.15) is 4.31 Å². The zero-order valence-electron chi connectivity index (χ0n) is 23.1. The Kier molecular flexibility index (Phi) is 9.11. The first kappa shape index (κ1) is 31.2. The van der Waals surface area contributed by atoms with Crippen molar-refractivity contribution in [3.63, 3.8) is 0 Å². The molecular formula is C27H29ClN4O8S2. The molecule has 0 radical (unpaired) electrons. The van der Waals surface area contributed by atoms with Gasteiger partial charge in [-0.1, -0.05) is 35.4 Å². The van der Waals surface area contributed by atoms with Crippen LogP contribution in [0.1, 0.15) is 11.1 Å². The fraction of sp³-hybridized carbons (Fsp3) is 0.296. The standard InChI is InChI=1S/C27H29ClN4O8S2/c1-19-4-8-22(9-5-19)41(36,37)30-14-12-29(13-15-30)27(33)18-31(25-16-21(28)7-11-26(25)40-3)42(38,39)23-10-6-20(2)24(17-23)32(34)35/h4-11,16-17H,12-15,18H2,1-3H3. The molecule has 1 saturated heterocycles. The lowest BCUT2D eigenvalue weighted by atomic mass is 10.2. The minimum absolute atomic E-state index is 0.0132. The number of anilines is 1. The lowest BCUT2D eigenvalue weighted by molar-refractivity contribution is -0.385. The van der Waals surface area contributed by atoms with E-state index in [0.29, 0.717) is 0 Å². The van der Waals surface area contributed by atoms with E-state index >= 15 is 0 Å². The van der Waals surface area contributed by atoms with Gasteiger partial charge in [-0.15, -0.1) is 0 Å². The molecule has 3 aromatic carbocycles. The Bertz CT molecular complexity index is 1720. The molecule has 1 fully saturated rings. The summed E-state index contributed by atoms with van der Waals surface area (Å²) in [5.74, 6) is -0.499. The monoisotopic (exact) mass is 636 g/mol. The number of hydrogen-bond donors (Lipinski definition) is 0. The van der Waals surface area contributed by atoms with E-state index in [1.165, 1.54) is 65.7 Å². The summed E-state index contributed by atoms with van der Waals surface area (Å²) in [6.45, 7) is 2.73. The first-order valence-corrected chi connectivity index (χ1v) is 16.0. The maximum atomic E-state index is 13.9. The highest BCUT2D eigenvalue weighted by Crippen LogP contribution is 2.36. The molecule has 1 heterocycles. The molecule has 3 aromatic rings. The van der Waals surface area contributed by atoms with Crippen LogP contribution in [0.5, 0.6) is 5.75 Å². The van der Waals surface area contributed by atoms with Crippen molar-refractivity contribution in [1.29, 1.82) is 0 Å². The van der Waals surface area contributed by atoms with Gasteiger partial charge in [0, 0.05) is 42.8 Å². The summed E-state index contributed by atoms with van der Waals surface area (Å²) in [7, 11) is -7.00. The molecule has 0 bridgehead atoms. The molecule has 0 saturated carbocycles. The highest BCUT2D eigenvalue weighted by Gasteiger charge is 2.35. The van der Waals surface area contributed by atoms with E-state index in [-0.39, 0.29) is 53.1 Å². The minimum Gasteiger partial charge on any atom is -0.495 e. The number of benzene rings is 3. The van der Waals surface area contributed by atoms with Crippen molar-refractivity contribution in [3.05, 3.63) is 86.9 Å². The molecule has 224 valence electrons. The Balaban J connectivity index is 1.63. The molecule has 42 heavy (non-hydrogen) atoms. The number of aryl methyl sites for hydroxylation is 2. The van der Waals surface area contributed by atoms with Gasteiger partial charge in [0.1, 0.15) is 12.3 Å². The number of halogens is 1. The number of carbonyl (C=O) groups is 1. The van der Waals surface area contributed by atoms with Gasteiger partial charge in [0.15, 0.2) is 0 Å². The van der Waals surface area contributed by atoms with Crippen LogP contribution in [-0.2, 0) is 24.8 Å². The summed E-state index contributed by atoms with van der Waals surface area (Å²) in [6.07, 6.45) is 0. The fourth-order valence-corrected chi connectivity index (χ4v) is 7.52. The SMILES string of the molecule is COc1ccc(Cl)cc1N(CC(=O)N1CCN(S(=O)(=O)c2ccc(C)cc2)CC1)S(=O)(=O)c1ccc(C)c([N+](=O)[O-])c1. The van der Waals surface area contributed by atoms with Crippen molar-refractivity contribution in [3.8, 4) is 5.75 Å². The van der Waals surface area contributed by atoms with Crippen molar-refractivity contribution in [2.45, 2.75) is 23.6 Å². The molecule has 1 amide bonds. The van der Waals surface area contributed by atoms with Crippen LogP contribution in [0.25, 0.3) is 0 Å². The van der Waals surface area contributed by atoms with Crippen LogP contribution in [-0.4, -0.2) is 76.7 Å². The Morgan fingerprint density at radius 1 is 0.952 bits per heavy atom. The van der Waals surface area contributed by atoms with Crippen LogP contribution in [0.4, 0.5) is 11.4 Å². The van der Waals surface area contributed by atoms with Crippen molar-refractivity contribution < 1.29 is 31.3 Å². The lowest BCUT2D eigenvalue weighted by Crippen LogP contribution is -2.53. The maximum Gasteiger partial charge on any atom is 0.273 e. The Labute approximate surface area is 249 Å². The van der Waals surface area contributed by atoms with Gasteiger partial charge < -0.3 is 9.64 Å². The molecule has 0 unspecified atom stereocenters. The fourth-order valence-electron chi connectivity index (χ4n) is 4.49. The number of nitrogens with zero attached hydrogens (tertiary/aromatic N) is 4. The van der Waals surface area contributed by atoms with E-state index in [1.54, 1.807) is 12.1 Å². The third kappa shape index (κ3) is 6.36. The molecular weight excluding hydrogens is 608 g/mol. The van der Waals surface area contributed by atoms with Crippen LogP contribution < -0.4 is 9.04 Å². The second kappa shape index (κ2) is 12.3. The zero-order valence-corrected chi connectivity index (χ0v) is 25.4. The summed E-state index contributed by atoms with van der Waals surface area (Å²) in [6, 6.07) is 14.2. The van der Waals surface area contributed by atoms with Gasteiger partial charge in [-0.05, 0) is 50.2 Å². The summed E-state index contributed by atoms with van der Waals surface area (Å²) in [5.41, 5.74) is 0.745. The van der Waals surface area contributed by atoms with Gasteiger partial charge in [-0.3, -0.25) is 19.2 Å². The van der Waals surface area contributed by atoms with Crippen LogP contribution in [0, 0.1) is 24.0 Å². The number of ether oxygens (including phenoxy) is 1. The summed E-state index contributed by atoms with van der Waals surface area (Å²) in [4.78, 5) is 25.5. The predicted octanol–water partition coefficient (Wildman–Crippen LogP) is 3.60. The number of rotatable bonds is 9. The van der Waals surface area contributed by atoms with E-state index in [9.17, 15) is 31.7 Å². The molecule has 0 aliphatic carbocycles. The quantitative estimate of drug-likeness (QED) is 0.256. The van der Waals surface area contributed by atoms with E-state index in [1.807, 2.05) is 6.92 Å². The number of nitro groups is 1. The molecule has 15 heteroatoms. The highest BCUT2D eigenvalue weighted by atomic mass is 35.5. The molecule has 0 N–H and O–H groups in total. The molecule has 1 aliphatic heterocycles. The molecule has 0 spiro atoms. The Hall–Kier alpha value is -3.72. The first-order chi connectivity index (χ1) is 19.7. The maximum absolute atomic E-state index is 13.9. The van der Waals surface area contributed by atoms with Crippen molar-refractivity contribution >= 4 is 48.9 Å². The molecule has 0 aromatic heterocycles. The zero-order chi connectivity index (χ0) is 30.8. The van der Waals surface area contributed by atoms with Crippen LogP contribution in [0.3, 0.4) is 0 Å². The largest absolute Gasteiger partial charge is 0.495 e. The number of carbonyl (C=O) groups excluding carboxylic acids is 1. The summed E-state index contributed by atoms with van der Waals surface area (Å²) >= 11 is 6.18. The average molecular weight is 637 g/mol. The summed E-state index contributed by atoms with van der Waals surface area (Å²) in [5, 5.41) is 11.7. The Morgan fingerprint density at radius 2 is 1.57 bits per heavy atom. The molecule has 1 aliphatic rings. The van der Waals surface area contributed by atoms with Crippen LogP contribution in [0.15, 0.2) is 70.5 Å². The smallest absolute Gasteiger partial charge is 0.273 e. The predicted molar refractivity (Wildman–Crippen MR) is 157 cm³/mol. The van der Waals surface area contributed by atoms with Crippen LogP contribution >= 0.6 is 11.6 Å². The van der Waals surface area contributed by atoms with Crippen molar-refractivity contribution in [2.75, 3.05) is 44.1 Å². The molecule has 0 atom stereocenters. The number of nitro benzene ring substituents is 1. The third-order valence-corrected chi connectivity index (χ3v) is 10.8. The molecule has 4 rings (SSSR count). The van der Waals surface area contributed by atoms with E-state index in [0.717, 1.165) is 15.9 Å².